The molecule has 0 aliphatic heterocycles. The fraction of sp³-hybridized carbons (Fsp3) is 0.786. The Bertz CT molecular complexity index is 487. The van der Waals surface area contributed by atoms with Crippen molar-refractivity contribution in [1.82, 2.24) is 10.3 Å². The molecule has 0 aromatic carbocycles. The van der Waals surface area contributed by atoms with E-state index in [0.717, 1.165) is 10.6 Å². The molecule has 1 aliphatic carbocycles. The average Bonchev–Trinajstić information content (AvgIpc) is 3.00. The highest BCUT2D eigenvalue weighted by molar-refractivity contribution is 7.15. The van der Waals surface area contributed by atoms with Gasteiger partial charge in [-0.3, -0.25) is 0 Å². The first kappa shape index (κ1) is 16.5. The van der Waals surface area contributed by atoms with Crippen molar-refractivity contribution in [3.05, 3.63) is 10.6 Å². The van der Waals surface area contributed by atoms with E-state index in [2.05, 4.69) is 10.3 Å². The first-order valence-corrected chi connectivity index (χ1v) is 7.89. The van der Waals surface area contributed by atoms with Gasteiger partial charge >= 0.3 is 6.18 Å². The van der Waals surface area contributed by atoms with E-state index >= 15 is 0 Å². The minimum absolute atomic E-state index is 0.172. The summed E-state index contributed by atoms with van der Waals surface area (Å²) >= 11 is 1.36. The molecule has 1 aromatic rings. The van der Waals surface area contributed by atoms with Crippen LogP contribution in [0.25, 0.3) is 0 Å². The number of nitrogens with one attached hydrogen (secondary N) is 1. The Labute approximate surface area is 127 Å². The van der Waals surface area contributed by atoms with Gasteiger partial charge < -0.3 is 10.2 Å². The molecule has 0 saturated heterocycles. The highest BCUT2D eigenvalue weighted by Gasteiger charge is 2.32. The van der Waals surface area contributed by atoms with Crippen molar-refractivity contribution in [2.45, 2.75) is 57.8 Å². The molecule has 120 valence electrons. The van der Waals surface area contributed by atoms with Gasteiger partial charge in [0, 0.05) is 29.9 Å². The average molecular weight is 321 g/mol. The topological polar surface area (TPSA) is 28.2 Å². The number of aromatic nitrogens is 1. The largest absolute Gasteiger partial charge is 0.405 e. The zero-order valence-corrected chi connectivity index (χ0v) is 13.7. The molecule has 0 unspecified atom stereocenters. The van der Waals surface area contributed by atoms with E-state index in [1.54, 1.807) is 0 Å². The molecule has 0 radical (unpaired) electrons. The first-order valence-electron chi connectivity index (χ1n) is 7.08. The lowest BCUT2D eigenvalue weighted by atomic mass is 9.91. The minimum atomic E-state index is -4.21. The van der Waals surface area contributed by atoms with Crippen molar-refractivity contribution >= 4 is 16.5 Å². The van der Waals surface area contributed by atoms with Crippen LogP contribution < -0.4 is 10.2 Å². The second-order valence-electron chi connectivity index (χ2n) is 6.64. The molecule has 1 aliphatic rings. The first-order chi connectivity index (χ1) is 9.56. The van der Waals surface area contributed by atoms with Crippen LogP contribution in [0.15, 0.2) is 0 Å². The van der Waals surface area contributed by atoms with Gasteiger partial charge in [-0.2, -0.15) is 13.2 Å². The van der Waals surface area contributed by atoms with Gasteiger partial charge in [0.2, 0.25) is 0 Å². The fourth-order valence-corrected chi connectivity index (χ4v) is 3.25. The molecule has 1 N–H and O–H groups in total. The zero-order chi connectivity index (χ0) is 15.8. The third-order valence-electron chi connectivity index (χ3n) is 3.27. The fourth-order valence-electron chi connectivity index (χ4n) is 2.07. The Morgan fingerprint density at radius 1 is 1.29 bits per heavy atom. The van der Waals surface area contributed by atoms with Gasteiger partial charge in [0.15, 0.2) is 5.13 Å². The lowest BCUT2D eigenvalue weighted by Crippen LogP contribution is -2.30. The molecule has 7 heteroatoms. The molecule has 1 saturated carbocycles. The molecule has 3 nitrogen and oxygen atoms in total. The van der Waals surface area contributed by atoms with Crippen molar-refractivity contribution in [2.24, 2.45) is 0 Å². The van der Waals surface area contributed by atoms with E-state index < -0.39 is 12.7 Å². The van der Waals surface area contributed by atoms with E-state index in [1.165, 1.54) is 36.1 Å². The van der Waals surface area contributed by atoms with Gasteiger partial charge in [-0.05, 0) is 12.8 Å². The summed E-state index contributed by atoms with van der Waals surface area (Å²) in [5, 5.41) is 3.85. The highest BCUT2D eigenvalue weighted by atomic mass is 32.1. The maximum atomic E-state index is 12.5. The molecule has 2 rings (SSSR count). The standard InChI is InChI=1S/C14H22F3N3S/c1-13(2,3)11-10(7-18-9-5-6-9)21-12(19-11)20(4)8-14(15,16)17/h9,18H,5-8H2,1-4H3. The monoisotopic (exact) mass is 321 g/mol. The summed E-state index contributed by atoms with van der Waals surface area (Å²) < 4.78 is 37.6. The third-order valence-corrected chi connectivity index (χ3v) is 4.44. The van der Waals surface area contributed by atoms with Crippen LogP contribution in [-0.4, -0.2) is 30.8 Å². The molecule has 0 spiro atoms. The number of hydrogen-bond acceptors (Lipinski definition) is 4. The summed E-state index contributed by atoms with van der Waals surface area (Å²) in [6.45, 7) is 5.83. The number of anilines is 1. The SMILES string of the molecule is CN(CC(F)(F)F)c1nc(C(C)(C)C)c(CNC2CC2)s1. The number of hydrogen-bond donors (Lipinski definition) is 1. The molecule has 1 aromatic heterocycles. The Morgan fingerprint density at radius 2 is 1.90 bits per heavy atom. The van der Waals surface area contributed by atoms with E-state index in [0.29, 0.717) is 17.7 Å². The van der Waals surface area contributed by atoms with Crippen molar-refractivity contribution in [3.63, 3.8) is 0 Å². The molecular formula is C14H22F3N3S. The lowest BCUT2D eigenvalue weighted by Gasteiger charge is -2.19. The normalized spacial score (nSPS) is 16.3. The summed E-state index contributed by atoms with van der Waals surface area (Å²) in [7, 11) is 1.44. The summed E-state index contributed by atoms with van der Waals surface area (Å²) in [5.41, 5.74) is 0.721. The number of nitrogens with zero attached hydrogens (tertiary/aromatic N) is 2. The molecule has 1 heterocycles. The third kappa shape index (κ3) is 4.85. The Kier molecular flexibility index (Phi) is 4.54. The van der Waals surface area contributed by atoms with E-state index in [4.69, 9.17) is 0 Å². The Hall–Kier alpha value is -0.820. The van der Waals surface area contributed by atoms with Crippen molar-refractivity contribution < 1.29 is 13.2 Å². The van der Waals surface area contributed by atoms with Crippen LogP contribution in [0.4, 0.5) is 18.3 Å². The van der Waals surface area contributed by atoms with Crippen molar-refractivity contribution in [3.8, 4) is 0 Å². The van der Waals surface area contributed by atoms with Crippen LogP contribution in [0, 0.1) is 0 Å². The maximum Gasteiger partial charge on any atom is 0.405 e. The van der Waals surface area contributed by atoms with E-state index in [1.807, 2.05) is 20.8 Å². The highest BCUT2D eigenvalue weighted by Crippen LogP contribution is 2.35. The van der Waals surface area contributed by atoms with Crippen LogP contribution in [0.3, 0.4) is 0 Å². The van der Waals surface area contributed by atoms with Gasteiger partial charge in [0.1, 0.15) is 6.54 Å². The number of rotatable bonds is 5. The van der Waals surface area contributed by atoms with E-state index in [9.17, 15) is 13.2 Å². The van der Waals surface area contributed by atoms with Gasteiger partial charge in [0.05, 0.1) is 5.69 Å². The van der Waals surface area contributed by atoms with E-state index in [-0.39, 0.29) is 5.41 Å². The van der Waals surface area contributed by atoms with Crippen LogP contribution in [0.5, 0.6) is 0 Å². The maximum absolute atomic E-state index is 12.5. The van der Waals surface area contributed by atoms with Crippen molar-refractivity contribution in [2.75, 3.05) is 18.5 Å². The van der Waals surface area contributed by atoms with Crippen LogP contribution in [0.2, 0.25) is 0 Å². The number of thiazole rings is 1. The summed E-state index contributed by atoms with van der Waals surface area (Å²) in [4.78, 5) is 6.69. The molecule has 21 heavy (non-hydrogen) atoms. The second-order valence-corrected chi connectivity index (χ2v) is 7.71. The quantitative estimate of drug-likeness (QED) is 0.896. The predicted octanol–water partition coefficient (Wildman–Crippen LogP) is 3.69. The Morgan fingerprint density at radius 3 is 2.38 bits per heavy atom. The van der Waals surface area contributed by atoms with Crippen LogP contribution in [0.1, 0.15) is 44.2 Å². The summed E-state index contributed by atoms with van der Waals surface area (Å²) in [6.07, 6.45) is -1.84. The molecular weight excluding hydrogens is 299 g/mol. The van der Waals surface area contributed by atoms with Crippen molar-refractivity contribution in [1.29, 1.82) is 0 Å². The Balaban J connectivity index is 2.17. The van der Waals surface area contributed by atoms with Crippen LogP contribution in [-0.2, 0) is 12.0 Å². The van der Waals surface area contributed by atoms with Gasteiger partial charge in [-0.1, -0.05) is 20.8 Å². The van der Waals surface area contributed by atoms with Gasteiger partial charge in [-0.25, -0.2) is 4.98 Å². The molecule has 0 bridgehead atoms. The summed E-state index contributed by atoms with van der Waals surface area (Å²) in [5.74, 6) is 0. The van der Waals surface area contributed by atoms with Crippen LogP contribution >= 0.6 is 11.3 Å². The molecule has 0 atom stereocenters. The second kappa shape index (κ2) is 5.76. The summed E-state index contributed by atoms with van der Waals surface area (Å²) in [6, 6.07) is 0.566. The van der Waals surface area contributed by atoms with Gasteiger partial charge in [0.25, 0.3) is 0 Å². The lowest BCUT2D eigenvalue weighted by molar-refractivity contribution is -0.119. The predicted molar refractivity (Wildman–Crippen MR) is 80.0 cm³/mol. The zero-order valence-electron chi connectivity index (χ0n) is 12.8. The minimum Gasteiger partial charge on any atom is -0.342 e. The number of alkyl halides is 3. The number of halogens is 3. The van der Waals surface area contributed by atoms with Gasteiger partial charge in [-0.15, -0.1) is 11.3 Å². The molecule has 0 amide bonds. The molecule has 1 fully saturated rings. The smallest absolute Gasteiger partial charge is 0.342 e.